The van der Waals surface area contributed by atoms with E-state index < -0.39 is 10.0 Å². The molecule has 0 aliphatic carbocycles. The Labute approximate surface area is 118 Å². The molecule has 0 bridgehead atoms. The van der Waals surface area contributed by atoms with Gasteiger partial charge in [0.05, 0.1) is 10.6 Å². The van der Waals surface area contributed by atoms with E-state index in [0.29, 0.717) is 5.71 Å². The Morgan fingerprint density at radius 2 is 1.70 bits per heavy atom. The van der Waals surface area contributed by atoms with E-state index >= 15 is 0 Å². The topological polar surface area (TPSA) is 71.4 Å². The molecule has 5 nitrogen and oxygen atoms in total. The highest BCUT2D eigenvalue weighted by atomic mass is 32.2. The maximum Gasteiger partial charge on any atom is 0.276 e. The minimum Gasteiger partial charge on any atom is -0.265 e. The summed E-state index contributed by atoms with van der Waals surface area (Å²) in [5.41, 5.74) is 2.38. The normalized spacial score (nSPS) is 12.2. The minimum absolute atomic E-state index is 0.189. The van der Waals surface area contributed by atoms with Gasteiger partial charge < -0.3 is 0 Å². The molecule has 0 aliphatic heterocycles. The van der Waals surface area contributed by atoms with Crippen LogP contribution >= 0.6 is 0 Å². The van der Waals surface area contributed by atoms with E-state index in [0.717, 1.165) is 11.1 Å². The van der Waals surface area contributed by atoms with Crippen LogP contribution < -0.4 is 4.83 Å². The second-order valence-electron chi connectivity index (χ2n) is 4.34. The summed E-state index contributed by atoms with van der Waals surface area (Å²) in [7, 11) is -3.63. The number of nitrogens with zero attached hydrogens (tertiary/aromatic N) is 2. The molecule has 2 aromatic rings. The lowest BCUT2D eigenvalue weighted by atomic mass is 10.2. The first-order valence-electron chi connectivity index (χ1n) is 6.02. The Morgan fingerprint density at radius 1 is 1.10 bits per heavy atom. The van der Waals surface area contributed by atoms with Gasteiger partial charge >= 0.3 is 0 Å². The van der Waals surface area contributed by atoms with Crippen LogP contribution in [0.1, 0.15) is 18.1 Å². The summed E-state index contributed by atoms with van der Waals surface area (Å²) < 4.78 is 24.1. The van der Waals surface area contributed by atoms with Gasteiger partial charge in [0.15, 0.2) is 0 Å². The number of nitrogens with one attached hydrogen (secondary N) is 1. The Morgan fingerprint density at radius 3 is 2.30 bits per heavy atom. The second kappa shape index (κ2) is 5.83. The van der Waals surface area contributed by atoms with E-state index in [1.54, 1.807) is 55.7 Å². The van der Waals surface area contributed by atoms with E-state index in [-0.39, 0.29) is 4.90 Å². The van der Waals surface area contributed by atoms with E-state index in [4.69, 9.17) is 0 Å². The van der Waals surface area contributed by atoms with Crippen LogP contribution in [-0.4, -0.2) is 19.1 Å². The van der Waals surface area contributed by atoms with Gasteiger partial charge in [0, 0.05) is 18.0 Å². The smallest absolute Gasteiger partial charge is 0.265 e. The van der Waals surface area contributed by atoms with Gasteiger partial charge in [-0.15, -0.1) is 0 Å². The molecule has 0 radical (unpaired) electrons. The highest BCUT2D eigenvalue weighted by molar-refractivity contribution is 7.89. The van der Waals surface area contributed by atoms with Crippen molar-refractivity contribution in [1.29, 1.82) is 0 Å². The predicted molar refractivity (Wildman–Crippen MR) is 77.9 cm³/mol. The first-order chi connectivity index (χ1) is 9.49. The summed E-state index contributed by atoms with van der Waals surface area (Å²) >= 11 is 0. The van der Waals surface area contributed by atoms with Crippen LogP contribution in [0.5, 0.6) is 0 Å². The molecule has 1 N–H and O–H groups in total. The quantitative estimate of drug-likeness (QED) is 0.692. The monoisotopic (exact) mass is 289 g/mol. The summed E-state index contributed by atoms with van der Waals surface area (Å²) in [6.07, 6.45) is 3.26. The lowest BCUT2D eigenvalue weighted by Crippen LogP contribution is -2.19. The zero-order valence-corrected chi connectivity index (χ0v) is 12.1. The molecule has 104 valence electrons. The van der Waals surface area contributed by atoms with Crippen molar-refractivity contribution < 1.29 is 8.42 Å². The molecule has 0 atom stereocenters. The Balaban J connectivity index is 2.19. The fourth-order valence-corrected chi connectivity index (χ4v) is 2.41. The van der Waals surface area contributed by atoms with Gasteiger partial charge in [0.1, 0.15) is 0 Å². The lowest BCUT2D eigenvalue weighted by Gasteiger charge is -2.05. The minimum atomic E-state index is -3.63. The highest BCUT2D eigenvalue weighted by Crippen LogP contribution is 2.10. The number of sulfonamides is 1. The molecular formula is C14H15N3O2S. The molecule has 0 fully saturated rings. The van der Waals surface area contributed by atoms with Gasteiger partial charge in [-0.3, -0.25) is 4.98 Å². The first-order valence-corrected chi connectivity index (χ1v) is 7.50. The molecule has 0 unspecified atom stereocenters. The van der Waals surface area contributed by atoms with Crippen molar-refractivity contribution in [3.05, 3.63) is 59.9 Å². The van der Waals surface area contributed by atoms with Crippen molar-refractivity contribution in [3.8, 4) is 0 Å². The van der Waals surface area contributed by atoms with Gasteiger partial charge in [0.25, 0.3) is 10.0 Å². The van der Waals surface area contributed by atoms with Crippen molar-refractivity contribution in [3.63, 3.8) is 0 Å². The molecule has 1 aromatic heterocycles. The standard InChI is InChI=1S/C14H15N3O2S/c1-11-3-5-14(6-4-11)20(18,19)17-16-12(2)13-7-9-15-10-8-13/h3-10,17H,1-2H3/b16-12-. The largest absolute Gasteiger partial charge is 0.276 e. The SMILES string of the molecule is C/C(=N/NS(=O)(=O)c1ccc(C)cc1)c1ccncc1. The third kappa shape index (κ3) is 3.42. The van der Waals surface area contributed by atoms with Crippen LogP contribution in [0.4, 0.5) is 0 Å². The molecule has 0 saturated carbocycles. The van der Waals surface area contributed by atoms with Crippen molar-refractivity contribution in [1.82, 2.24) is 9.82 Å². The number of hydrazone groups is 1. The fourth-order valence-electron chi connectivity index (χ4n) is 1.56. The zero-order valence-electron chi connectivity index (χ0n) is 11.2. The molecule has 1 aromatic carbocycles. The van der Waals surface area contributed by atoms with Gasteiger partial charge in [-0.05, 0) is 38.1 Å². The molecule has 0 saturated heterocycles. The van der Waals surface area contributed by atoms with Crippen LogP contribution in [0.15, 0.2) is 58.8 Å². The van der Waals surface area contributed by atoms with Crippen LogP contribution in [-0.2, 0) is 10.0 Å². The fraction of sp³-hybridized carbons (Fsp3) is 0.143. The van der Waals surface area contributed by atoms with E-state index in [1.165, 1.54) is 0 Å². The number of aromatic nitrogens is 1. The predicted octanol–water partition coefficient (Wildman–Crippen LogP) is 2.09. The average molecular weight is 289 g/mol. The number of benzene rings is 1. The maximum atomic E-state index is 12.0. The van der Waals surface area contributed by atoms with Crippen LogP contribution in [0.2, 0.25) is 0 Å². The average Bonchev–Trinajstić information content (AvgIpc) is 2.46. The summed E-state index contributed by atoms with van der Waals surface area (Å²) in [5, 5.41) is 3.92. The second-order valence-corrected chi connectivity index (χ2v) is 6.00. The Kier molecular flexibility index (Phi) is 4.14. The highest BCUT2D eigenvalue weighted by Gasteiger charge is 2.12. The summed E-state index contributed by atoms with van der Waals surface area (Å²) in [4.78, 5) is 6.32. The third-order valence-electron chi connectivity index (χ3n) is 2.76. The maximum absolute atomic E-state index is 12.0. The molecule has 6 heteroatoms. The van der Waals surface area contributed by atoms with Gasteiger partial charge in [-0.1, -0.05) is 17.7 Å². The zero-order chi connectivity index (χ0) is 14.6. The Hall–Kier alpha value is -2.21. The first kappa shape index (κ1) is 14.2. The van der Waals surface area contributed by atoms with Crippen LogP contribution in [0.25, 0.3) is 0 Å². The van der Waals surface area contributed by atoms with Crippen LogP contribution in [0.3, 0.4) is 0 Å². The van der Waals surface area contributed by atoms with Crippen molar-refractivity contribution in [2.75, 3.05) is 0 Å². The number of pyridine rings is 1. The molecule has 0 amide bonds. The Bertz CT molecular complexity index is 708. The number of rotatable bonds is 4. The molecule has 2 rings (SSSR count). The van der Waals surface area contributed by atoms with E-state index in [2.05, 4.69) is 14.9 Å². The summed E-state index contributed by atoms with van der Waals surface area (Å²) in [6, 6.07) is 10.1. The van der Waals surface area contributed by atoms with Gasteiger partial charge in [-0.2, -0.15) is 18.4 Å². The van der Waals surface area contributed by atoms with Crippen molar-refractivity contribution in [2.45, 2.75) is 18.7 Å². The van der Waals surface area contributed by atoms with E-state index in [9.17, 15) is 8.42 Å². The van der Waals surface area contributed by atoms with Gasteiger partial charge in [-0.25, -0.2) is 0 Å². The number of aryl methyl sites for hydroxylation is 1. The molecule has 0 spiro atoms. The summed E-state index contributed by atoms with van der Waals surface area (Å²) in [6.45, 7) is 3.63. The lowest BCUT2D eigenvalue weighted by molar-refractivity contribution is 0.584. The molecule has 1 heterocycles. The molecule has 20 heavy (non-hydrogen) atoms. The van der Waals surface area contributed by atoms with Crippen molar-refractivity contribution in [2.24, 2.45) is 5.10 Å². The molecule has 0 aliphatic rings. The molecular weight excluding hydrogens is 274 g/mol. The van der Waals surface area contributed by atoms with E-state index in [1.807, 2.05) is 6.92 Å². The number of hydrogen-bond acceptors (Lipinski definition) is 4. The third-order valence-corrected chi connectivity index (χ3v) is 3.99. The van der Waals surface area contributed by atoms with Crippen LogP contribution in [0, 0.1) is 6.92 Å². The number of hydrogen-bond donors (Lipinski definition) is 1. The van der Waals surface area contributed by atoms with Gasteiger partial charge in [0.2, 0.25) is 0 Å². The van der Waals surface area contributed by atoms with Crippen molar-refractivity contribution >= 4 is 15.7 Å². The summed E-state index contributed by atoms with van der Waals surface area (Å²) in [5.74, 6) is 0.